The highest BCUT2D eigenvalue weighted by molar-refractivity contribution is 6.19. The summed E-state index contributed by atoms with van der Waals surface area (Å²) in [7, 11) is 0. The lowest BCUT2D eigenvalue weighted by Crippen LogP contribution is -2.12. The van der Waals surface area contributed by atoms with Crippen molar-refractivity contribution >= 4 is 82.7 Å². The molecule has 70 heavy (non-hydrogen) atoms. The zero-order chi connectivity index (χ0) is 46.1. The van der Waals surface area contributed by atoms with E-state index in [1.54, 1.807) is 0 Å². The first-order valence-corrected chi connectivity index (χ1v) is 23.8. The van der Waals surface area contributed by atoms with Crippen molar-refractivity contribution in [1.82, 2.24) is 4.57 Å². The Morgan fingerprint density at radius 1 is 0.300 bits per heavy atom. The SMILES string of the molecule is c1ccc(-c2ccc(N(c3ccc(-c4cccc5oc6ccccc6c45)cc3)c3ccc(-c4ccccc4-n4c5ccccc5c5ccccc54)c4oc5ccccc5c34)c(-c3ccccc3)c2)cc1. The molecule has 0 saturated carbocycles. The predicted octanol–water partition coefficient (Wildman–Crippen LogP) is 18.7. The molecule has 0 aliphatic rings. The third-order valence-electron chi connectivity index (χ3n) is 14.0. The fraction of sp³-hybridized carbons (Fsp3) is 0. The second-order valence-corrected chi connectivity index (χ2v) is 17.9. The molecule has 328 valence electrons. The smallest absolute Gasteiger partial charge is 0.145 e. The largest absolute Gasteiger partial charge is 0.456 e. The van der Waals surface area contributed by atoms with Crippen LogP contribution in [0.4, 0.5) is 17.1 Å². The number of rotatable bonds is 8. The van der Waals surface area contributed by atoms with E-state index >= 15 is 0 Å². The van der Waals surface area contributed by atoms with E-state index in [4.69, 9.17) is 8.83 Å². The maximum atomic E-state index is 7.14. The van der Waals surface area contributed by atoms with E-state index in [2.05, 4.69) is 252 Å². The number of para-hydroxylation sites is 5. The van der Waals surface area contributed by atoms with E-state index in [9.17, 15) is 0 Å². The number of fused-ring (bicyclic) bond motifs is 9. The first-order valence-electron chi connectivity index (χ1n) is 23.8. The zero-order valence-corrected chi connectivity index (χ0v) is 38.0. The fourth-order valence-corrected chi connectivity index (χ4v) is 10.9. The van der Waals surface area contributed by atoms with Gasteiger partial charge in [-0.2, -0.15) is 0 Å². The number of furan rings is 2. The second-order valence-electron chi connectivity index (χ2n) is 17.9. The van der Waals surface area contributed by atoms with Crippen LogP contribution in [0, 0.1) is 0 Å². The Bertz CT molecular complexity index is 4240. The molecule has 0 fully saturated rings. The monoisotopic (exact) mass is 894 g/mol. The maximum Gasteiger partial charge on any atom is 0.145 e. The average Bonchev–Trinajstić information content (AvgIpc) is 4.12. The quantitative estimate of drug-likeness (QED) is 0.152. The van der Waals surface area contributed by atoms with E-state index in [0.29, 0.717) is 0 Å². The van der Waals surface area contributed by atoms with Gasteiger partial charge in [0.2, 0.25) is 0 Å². The fourth-order valence-electron chi connectivity index (χ4n) is 10.9. The van der Waals surface area contributed by atoms with Crippen molar-refractivity contribution in [2.24, 2.45) is 0 Å². The summed E-state index contributed by atoms with van der Waals surface area (Å²) in [4.78, 5) is 2.43. The topological polar surface area (TPSA) is 34.5 Å². The summed E-state index contributed by atoms with van der Waals surface area (Å²) < 4.78 is 15.9. The van der Waals surface area contributed by atoms with Crippen LogP contribution in [0.15, 0.2) is 264 Å². The highest BCUT2D eigenvalue weighted by Crippen LogP contribution is 2.50. The number of anilines is 3. The number of nitrogens with zero attached hydrogens (tertiary/aromatic N) is 2. The molecule has 0 bridgehead atoms. The molecule has 0 aliphatic heterocycles. The van der Waals surface area contributed by atoms with Crippen molar-refractivity contribution in [2.75, 3.05) is 4.90 Å². The van der Waals surface area contributed by atoms with Crippen LogP contribution in [0.25, 0.3) is 116 Å². The van der Waals surface area contributed by atoms with Gasteiger partial charge in [-0.1, -0.05) is 182 Å². The van der Waals surface area contributed by atoms with Gasteiger partial charge in [-0.05, 0) is 101 Å². The number of hydrogen-bond acceptors (Lipinski definition) is 3. The van der Waals surface area contributed by atoms with Crippen LogP contribution in [-0.4, -0.2) is 4.57 Å². The van der Waals surface area contributed by atoms with Gasteiger partial charge in [0.25, 0.3) is 0 Å². The van der Waals surface area contributed by atoms with Gasteiger partial charge >= 0.3 is 0 Å². The lowest BCUT2D eigenvalue weighted by Gasteiger charge is -2.29. The van der Waals surface area contributed by atoms with Crippen molar-refractivity contribution in [3.05, 3.63) is 255 Å². The molecular formula is C66H42N2O2. The molecule has 0 N–H and O–H groups in total. The summed E-state index contributed by atoms with van der Waals surface area (Å²) >= 11 is 0. The summed E-state index contributed by atoms with van der Waals surface area (Å²) in [5.41, 5.74) is 18.8. The van der Waals surface area contributed by atoms with Crippen molar-refractivity contribution in [3.63, 3.8) is 0 Å². The van der Waals surface area contributed by atoms with Crippen LogP contribution >= 0.6 is 0 Å². The van der Waals surface area contributed by atoms with Gasteiger partial charge in [0, 0.05) is 49.3 Å². The predicted molar refractivity (Wildman–Crippen MR) is 292 cm³/mol. The minimum absolute atomic E-state index is 0.828. The van der Waals surface area contributed by atoms with E-state index in [-0.39, 0.29) is 0 Å². The lowest BCUT2D eigenvalue weighted by atomic mass is 9.94. The van der Waals surface area contributed by atoms with Crippen molar-refractivity contribution < 1.29 is 8.83 Å². The highest BCUT2D eigenvalue weighted by Gasteiger charge is 2.26. The molecule has 14 aromatic rings. The number of benzene rings is 11. The highest BCUT2D eigenvalue weighted by atomic mass is 16.3. The molecular weight excluding hydrogens is 853 g/mol. The third-order valence-corrected chi connectivity index (χ3v) is 14.0. The molecule has 0 atom stereocenters. The average molecular weight is 895 g/mol. The van der Waals surface area contributed by atoms with E-state index in [1.807, 2.05) is 12.1 Å². The van der Waals surface area contributed by atoms with Gasteiger partial charge in [0.05, 0.1) is 33.5 Å². The van der Waals surface area contributed by atoms with Crippen LogP contribution in [0.5, 0.6) is 0 Å². The van der Waals surface area contributed by atoms with E-state index in [0.717, 1.165) is 122 Å². The van der Waals surface area contributed by atoms with Gasteiger partial charge in [-0.15, -0.1) is 0 Å². The Hall–Kier alpha value is -9.38. The Balaban J connectivity index is 1.03. The Morgan fingerprint density at radius 2 is 0.829 bits per heavy atom. The third kappa shape index (κ3) is 6.31. The van der Waals surface area contributed by atoms with E-state index < -0.39 is 0 Å². The molecule has 4 nitrogen and oxygen atoms in total. The van der Waals surface area contributed by atoms with Crippen LogP contribution in [-0.2, 0) is 0 Å². The Morgan fingerprint density at radius 3 is 1.56 bits per heavy atom. The molecule has 0 unspecified atom stereocenters. The molecule has 0 radical (unpaired) electrons. The second kappa shape index (κ2) is 16.2. The molecule has 0 amide bonds. The minimum atomic E-state index is 0.828. The van der Waals surface area contributed by atoms with Gasteiger partial charge < -0.3 is 18.3 Å². The van der Waals surface area contributed by atoms with Crippen molar-refractivity contribution in [3.8, 4) is 50.2 Å². The zero-order valence-electron chi connectivity index (χ0n) is 38.0. The van der Waals surface area contributed by atoms with Crippen LogP contribution in [0.3, 0.4) is 0 Å². The normalized spacial score (nSPS) is 11.7. The van der Waals surface area contributed by atoms with Crippen LogP contribution < -0.4 is 4.90 Å². The van der Waals surface area contributed by atoms with Crippen molar-refractivity contribution in [1.29, 1.82) is 0 Å². The van der Waals surface area contributed by atoms with Crippen LogP contribution in [0.2, 0.25) is 0 Å². The summed E-state index contributed by atoms with van der Waals surface area (Å²) in [5.74, 6) is 0. The molecule has 3 heterocycles. The lowest BCUT2D eigenvalue weighted by molar-refractivity contribution is 0.669. The summed E-state index contributed by atoms with van der Waals surface area (Å²) in [6, 6.07) is 91.1. The first kappa shape index (κ1) is 39.8. The summed E-state index contributed by atoms with van der Waals surface area (Å²) in [6.45, 7) is 0. The molecule has 11 aromatic carbocycles. The van der Waals surface area contributed by atoms with Gasteiger partial charge in [0.15, 0.2) is 0 Å². The Labute approximate surface area is 404 Å². The number of hydrogen-bond donors (Lipinski definition) is 0. The molecule has 0 aliphatic carbocycles. The molecule has 4 heteroatoms. The van der Waals surface area contributed by atoms with Crippen LogP contribution in [0.1, 0.15) is 0 Å². The minimum Gasteiger partial charge on any atom is -0.456 e. The van der Waals surface area contributed by atoms with Gasteiger partial charge in [-0.25, -0.2) is 0 Å². The maximum absolute atomic E-state index is 7.14. The number of aromatic nitrogens is 1. The van der Waals surface area contributed by atoms with Gasteiger partial charge in [0.1, 0.15) is 22.3 Å². The molecule has 0 saturated heterocycles. The summed E-state index contributed by atoms with van der Waals surface area (Å²) in [5, 5.41) is 6.76. The molecule has 14 rings (SSSR count). The standard InChI is InChI=1S/C66H42N2O2/c1-3-18-43(19-4-1)46-36-40-59(55(42-46)44-20-5-2-6-21-44)67(47-37-34-45(35-38-47)48-27-17-33-63-64(48)53-25-10-15-31-61(53)69-63)60-41-39-52(66-65(60)54-26-11-16-32-62(54)70-66)51-24-9-14-30-58(51)68-56-28-12-7-22-49(56)50-23-8-13-29-57(50)68/h1-42H. The summed E-state index contributed by atoms with van der Waals surface area (Å²) in [6.07, 6.45) is 0. The first-order chi connectivity index (χ1) is 34.7. The van der Waals surface area contributed by atoms with E-state index in [1.165, 1.54) is 10.8 Å². The van der Waals surface area contributed by atoms with Crippen molar-refractivity contribution in [2.45, 2.75) is 0 Å². The Kier molecular flexibility index (Phi) is 9.17. The molecule has 0 spiro atoms. The van der Waals surface area contributed by atoms with Gasteiger partial charge in [-0.3, -0.25) is 0 Å². The molecule has 3 aromatic heterocycles.